The van der Waals surface area contributed by atoms with Crippen LogP contribution in [-0.4, -0.2) is 40.1 Å². The zero-order valence-electron chi connectivity index (χ0n) is 13.7. The summed E-state index contributed by atoms with van der Waals surface area (Å²) in [5.74, 6) is -1.73. The van der Waals surface area contributed by atoms with Crippen molar-refractivity contribution >= 4 is 29.2 Å². The van der Waals surface area contributed by atoms with Crippen LogP contribution in [0.5, 0.6) is 5.75 Å². The first-order valence-electron chi connectivity index (χ1n) is 7.72. The molecule has 6 nitrogen and oxygen atoms in total. The molecule has 0 heterocycles. The maximum absolute atomic E-state index is 12.2. The molecule has 0 saturated heterocycles. The highest BCUT2D eigenvalue weighted by Crippen LogP contribution is 2.24. The number of rotatable bonds is 7. The van der Waals surface area contributed by atoms with E-state index in [2.05, 4.69) is 5.32 Å². The average molecular weight is 363 g/mol. The van der Waals surface area contributed by atoms with Crippen LogP contribution in [0.15, 0.2) is 42.5 Å². The van der Waals surface area contributed by atoms with Gasteiger partial charge >= 0.3 is 5.97 Å². The van der Waals surface area contributed by atoms with E-state index in [9.17, 15) is 14.7 Å². The van der Waals surface area contributed by atoms with Gasteiger partial charge in [0.05, 0.1) is 17.8 Å². The van der Waals surface area contributed by atoms with Crippen molar-refractivity contribution in [3.63, 3.8) is 0 Å². The number of amides is 1. The molecule has 0 aliphatic carbocycles. The van der Waals surface area contributed by atoms with Gasteiger partial charge in [-0.05, 0) is 42.4 Å². The maximum Gasteiger partial charge on any atom is 0.335 e. The molecule has 0 unspecified atom stereocenters. The second-order valence-corrected chi connectivity index (χ2v) is 5.95. The molecule has 2 aromatic carbocycles. The fraction of sp³-hybridized carbons (Fsp3) is 0.222. The monoisotopic (exact) mass is 362 g/mol. The molecule has 0 aliphatic heterocycles. The van der Waals surface area contributed by atoms with E-state index < -0.39 is 5.97 Å². The van der Waals surface area contributed by atoms with E-state index in [1.54, 1.807) is 12.1 Å². The molecule has 0 bridgehead atoms. The standard InChI is InChI=1S/C18H19ClN2O4/c1-2-21(10-12-3-6-14(19)7-4-12)11-17(23)20-15-8-5-13(18(24)25)9-16(15)22/h3-9,22H,2,10-11H2,1H3,(H,20,23)(H,24,25). The zero-order valence-corrected chi connectivity index (χ0v) is 14.5. The van der Waals surface area contributed by atoms with Crippen molar-refractivity contribution in [3.05, 3.63) is 58.6 Å². The Kier molecular flexibility index (Phi) is 6.38. The molecule has 0 aliphatic rings. The summed E-state index contributed by atoms with van der Waals surface area (Å²) in [5, 5.41) is 22.0. The Balaban J connectivity index is 1.97. The van der Waals surface area contributed by atoms with Gasteiger partial charge in [0.15, 0.2) is 0 Å². The topological polar surface area (TPSA) is 89.9 Å². The summed E-state index contributed by atoms with van der Waals surface area (Å²) >= 11 is 5.86. The molecule has 25 heavy (non-hydrogen) atoms. The second-order valence-electron chi connectivity index (χ2n) is 5.51. The van der Waals surface area contributed by atoms with Gasteiger partial charge in [-0.25, -0.2) is 4.79 Å². The number of phenolic OH excluding ortho intramolecular Hbond substituents is 1. The van der Waals surface area contributed by atoms with Gasteiger partial charge in [0.25, 0.3) is 0 Å². The molecule has 0 saturated carbocycles. The Bertz CT molecular complexity index is 762. The molecule has 0 atom stereocenters. The number of hydrogen-bond donors (Lipinski definition) is 3. The van der Waals surface area contributed by atoms with E-state index in [0.29, 0.717) is 18.1 Å². The lowest BCUT2D eigenvalue weighted by Gasteiger charge is -2.20. The molecule has 0 aromatic heterocycles. The number of likely N-dealkylation sites (N-methyl/N-ethyl adjacent to an activating group) is 1. The maximum atomic E-state index is 12.2. The first kappa shape index (κ1) is 18.8. The molecule has 2 aromatic rings. The predicted molar refractivity (Wildman–Crippen MR) is 96.1 cm³/mol. The normalized spacial score (nSPS) is 10.7. The smallest absolute Gasteiger partial charge is 0.335 e. The van der Waals surface area contributed by atoms with Crippen LogP contribution in [0.4, 0.5) is 5.69 Å². The van der Waals surface area contributed by atoms with Crippen LogP contribution in [0.2, 0.25) is 5.02 Å². The third-order valence-electron chi connectivity index (χ3n) is 3.65. The zero-order chi connectivity index (χ0) is 18.4. The molecule has 2 rings (SSSR count). The van der Waals surface area contributed by atoms with Crippen molar-refractivity contribution in [3.8, 4) is 5.75 Å². The van der Waals surface area contributed by atoms with Crippen LogP contribution in [0, 0.1) is 0 Å². The minimum atomic E-state index is -1.15. The number of aromatic carboxylic acids is 1. The number of anilines is 1. The van der Waals surface area contributed by atoms with Crippen molar-refractivity contribution in [1.29, 1.82) is 0 Å². The van der Waals surface area contributed by atoms with Crippen molar-refractivity contribution in [2.45, 2.75) is 13.5 Å². The fourth-order valence-electron chi connectivity index (χ4n) is 2.29. The van der Waals surface area contributed by atoms with E-state index in [4.69, 9.17) is 16.7 Å². The highest BCUT2D eigenvalue weighted by Gasteiger charge is 2.13. The lowest BCUT2D eigenvalue weighted by Crippen LogP contribution is -2.32. The van der Waals surface area contributed by atoms with Crippen LogP contribution in [-0.2, 0) is 11.3 Å². The quantitative estimate of drug-likeness (QED) is 0.658. The minimum absolute atomic E-state index is 0.0478. The number of aromatic hydroxyl groups is 1. The lowest BCUT2D eigenvalue weighted by atomic mass is 10.2. The van der Waals surface area contributed by atoms with E-state index >= 15 is 0 Å². The SMILES string of the molecule is CCN(CC(=O)Nc1ccc(C(=O)O)cc1O)Cc1ccc(Cl)cc1. The third-order valence-corrected chi connectivity index (χ3v) is 3.90. The molecule has 132 valence electrons. The largest absolute Gasteiger partial charge is 0.506 e. The first-order valence-corrected chi connectivity index (χ1v) is 8.09. The van der Waals surface area contributed by atoms with Crippen LogP contribution < -0.4 is 5.32 Å². The average Bonchev–Trinajstić information content (AvgIpc) is 2.57. The van der Waals surface area contributed by atoms with E-state index in [0.717, 1.165) is 11.6 Å². The number of benzene rings is 2. The van der Waals surface area contributed by atoms with Crippen LogP contribution in [0.1, 0.15) is 22.8 Å². The lowest BCUT2D eigenvalue weighted by molar-refractivity contribution is -0.117. The Morgan fingerprint density at radius 2 is 1.84 bits per heavy atom. The van der Waals surface area contributed by atoms with Gasteiger partial charge in [-0.15, -0.1) is 0 Å². The molecule has 0 fully saturated rings. The Morgan fingerprint density at radius 1 is 1.16 bits per heavy atom. The number of carboxylic acids is 1. The van der Waals surface area contributed by atoms with Gasteiger partial charge in [-0.3, -0.25) is 9.69 Å². The Labute approximate surface area is 150 Å². The first-order chi connectivity index (χ1) is 11.9. The summed E-state index contributed by atoms with van der Waals surface area (Å²) in [5.41, 5.74) is 1.17. The number of carbonyl (C=O) groups excluding carboxylic acids is 1. The van der Waals surface area contributed by atoms with Crippen molar-refractivity contribution < 1.29 is 19.8 Å². The van der Waals surface area contributed by atoms with Gasteiger partial charge in [-0.2, -0.15) is 0 Å². The van der Waals surface area contributed by atoms with Gasteiger partial charge in [0.1, 0.15) is 5.75 Å². The number of nitrogens with zero attached hydrogens (tertiary/aromatic N) is 1. The summed E-state index contributed by atoms with van der Waals surface area (Å²) in [6, 6.07) is 11.2. The summed E-state index contributed by atoms with van der Waals surface area (Å²) < 4.78 is 0. The van der Waals surface area contributed by atoms with Crippen molar-refractivity contribution in [1.82, 2.24) is 4.90 Å². The van der Waals surface area contributed by atoms with Crippen molar-refractivity contribution in [2.24, 2.45) is 0 Å². The number of phenols is 1. The van der Waals surface area contributed by atoms with Crippen LogP contribution >= 0.6 is 11.6 Å². The van der Waals surface area contributed by atoms with Gasteiger partial charge in [0, 0.05) is 11.6 Å². The molecule has 7 heteroatoms. The molecule has 0 radical (unpaired) electrons. The number of carboxylic acid groups (broad SMARTS) is 1. The summed E-state index contributed by atoms with van der Waals surface area (Å²) in [6.07, 6.45) is 0. The van der Waals surface area contributed by atoms with Crippen LogP contribution in [0.25, 0.3) is 0 Å². The summed E-state index contributed by atoms with van der Waals surface area (Å²) in [4.78, 5) is 25.0. The van der Waals surface area contributed by atoms with Gasteiger partial charge in [-0.1, -0.05) is 30.7 Å². The molecule has 1 amide bonds. The number of hydrogen-bond acceptors (Lipinski definition) is 4. The molecule has 3 N–H and O–H groups in total. The van der Waals surface area contributed by atoms with E-state index in [-0.39, 0.29) is 29.5 Å². The van der Waals surface area contributed by atoms with E-state index in [1.807, 2.05) is 24.0 Å². The molecular weight excluding hydrogens is 344 g/mol. The van der Waals surface area contributed by atoms with Crippen molar-refractivity contribution in [2.75, 3.05) is 18.4 Å². The highest BCUT2D eigenvalue weighted by atomic mass is 35.5. The fourth-order valence-corrected chi connectivity index (χ4v) is 2.42. The molecular formula is C18H19ClN2O4. The van der Waals surface area contributed by atoms with Gasteiger partial charge in [0.2, 0.25) is 5.91 Å². The Morgan fingerprint density at radius 3 is 2.40 bits per heavy atom. The number of halogens is 1. The van der Waals surface area contributed by atoms with Crippen LogP contribution in [0.3, 0.4) is 0 Å². The second kappa shape index (κ2) is 8.50. The number of carbonyl (C=O) groups is 2. The Hall–Kier alpha value is -2.57. The molecule has 0 spiro atoms. The number of nitrogens with one attached hydrogen (secondary N) is 1. The minimum Gasteiger partial charge on any atom is -0.506 e. The summed E-state index contributed by atoms with van der Waals surface area (Å²) in [6.45, 7) is 3.34. The van der Waals surface area contributed by atoms with E-state index in [1.165, 1.54) is 12.1 Å². The predicted octanol–water partition coefficient (Wildman–Crippen LogP) is 3.20. The highest BCUT2D eigenvalue weighted by molar-refractivity contribution is 6.30. The third kappa shape index (κ3) is 5.48. The van der Waals surface area contributed by atoms with Gasteiger partial charge < -0.3 is 15.5 Å². The summed E-state index contributed by atoms with van der Waals surface area (Å²) in [7, 11) is 0.